The van der Waals surface area contributed by atoms with Crippen molar-refractivity contribution in [3.63, 3.8) is 0 Å². The van der Waals surface area contributed by atoms with Crippen LogP contribution >= 0.6 is 15.9 Å². The highest BCUT2D eigenvalue weighted by Crippen LogP contribution is 2.22. The first-order valence-corrected chi connectivity index (χ1v) is 9.42. The molecule has 1 fully saturated rings. The molecular weight excluding hydrogens is 370 g/mol. The number of nitrogens with one attached hydrogen (secondary N) is 3. The van der Waals surface area contributed by atoms with E-state index in [1.165, 1.54) is 5.56 Å². The first kappa shape index (κ1) is 19.2. The molecule has 4 unspecified atom stereocenters. The van der Waals surface area contributed by atoms with Gasteiger partial charge in [-0.1, -0.05) is 41.9 Å². The van der Waals surface area contributed by atoms with Crippen LogP contribution in [0.3, 0.4) is 0 Å². The number of carbonyl (C=O) groups excluding carboxylic acids is 1. The van der Waals surface area contributed by atoms with Gasteiger partial charge in [-0.2, -0.15) is 0 Å². The summed E-state index contributed by atoms with van der Waals surface area (Å²) in [7, 11) is 1.67. The maximum atomic E-state index is 12.5. The topological polar surface area (TPSA) is 62.4 Å². The van der Waals surface area contributed by atoms with Gasteiger partial charge < -0.3 is 10.1 Å². The number of aryl methyl sites for hydroxylation is 1. The molecule has 3 N–H and O–H groups in total. The van der Waals surface area contributed by atoms with E-state index < -0.39 is 0 Å². The number of rotatable bonds is 7. The minimum atomic E-state index is -0.249. The molecule has 1 aliphatic heterocycles. The van der Waals surface area contributed by atoms with Crippen LogP contribution < -0.4 is 20.9 Å². The van der Waals surface area contributed by atoms with Crippen LogP contribution in [0, 0.1) is 5.92 Å². The number of alkyl halides is 1. The number of carbonyl (C=O) groups is 1. The zero-order valence-electron chi connectivity index (χ0n) is 14.8. The van der Waals surface area contributed by atoms with Gasteiger partial charge in [0.15, 0.2) is 0 Å². The van der Waals surface area contributed by atoms with E-state index in [2.05, 4.69) is 58.1 Å². The van der Waals surface area contributed by atoms with Gasteiger partial charge in [-0.15, -0.1) is 0 Å². The first-order chi connectivity index (χ1) is 11.4. The lowest BCUT2D eigenvalue weighted by Gasteiger charge is -2.21. The Morgan fingerprint density at radius 3 is 2.46 bits per heavy atom. The smallest absolute Gasteiger partial charge is 0.239 e. The third kappa shape index (κ3) is 4.94. The number of hydrogen-bond acceptors (Lipinski definition) is 4. The molecule has 1 aromatic carbocycles. The fourth-order valence-corrected chi connectivity index (χ4v) is 3.99. The van der Waals surface area contributed by atoms with E-state index >= 15 is 0 Å². The van der Waals surface area contributed by atoms with E-state index in [-0.39, 0.29) is 28.9 Å². The molecule has 1 aliphatic rings. The van der Waals surface area contributed by atoms with Gasteiger partial charge in [0.25, 0.3) is 0 Å². The minimum absolute atomic E-state index is 0.0368. The maximum absolute atomic E-state index is 12.5. The highest BCUT2D eigenvalue weighted by molar-refractivity contribution is 9.09. The van der Waals surface area contributed by atoms with E-state index in [9.17, 15) is 4.79 Å². The van der Waals surface area contributed by atoms with Crippen LogP contribution in [0.1, 0.15) is 32.8 Å². The van der Waals surface area contributed by atoms with E-state index in [0.717, 1.165) is 18.6 Å². The Labute approximate surface area is 153 Å². The lowest BCUT2D eigenvalue weighted by Crippen LogP contribution is -2.48. The Morgan fingerprint density at radius 1 is 1.25 bits per heavy atom. The number of ether oxygens (including phenoxy) is 1. The van der Waals surface area contributed by atoms with Crippen LogP contribution in [0.15, 0.2) is 24.3 Å². The van der Waals surface area contributed by atoms with Crippen LogP contribution in [0.4, 0.5) is 0 Å². The highest BCUT2D eigenvalue weighted by Gasteiger charge is 2.39. The summed E-state index contributed by atoms with van der Waals surface area (Å²) in [5.74, 6) is 1.35. The van der Waals surface area contributed by atoms with Crippen LogP contribution in [-0.4, -0.2) is 36.0 Å². The second-order valence-electron chi connectivity index (χ2n) is 6.78. The van der Waals surface area contributed by atoms with Crippen molar-refractivity contribution in [1.29, 1.82) is 0 Å². The van der Waals surface area contributed by atoms with Crippen molar-refractivity contribution >= 4 is 21.8 Å². The number of methoxy groups -OCH3 is 1. The number of benzene rings is 1. The van der Waals surface area contributed by atoms with Crippen LogP contribution in [0.25, 0.3) is 0 Å². The quantitative estimate of drug-likeness (QED) is 0.618. The van der Waals surface area contributed by atoms with Gasteiger partial charge in [-0.3, -0.25) is 10.2 Å². The van der Waals surface area contributed by atoms with Crippen molar-refractivity contribution < 1.29 is 9.53 Å². The molecule has 5 nitrogen and oxygen atoms in total. The van der Waals surface area contributed by atoms with Crippen molar-refractivity contribution in [3.8, 4) is 5.75 Å². The summed E-state index contributed by atoms with van der Waals surface area (Å²) in [6.07, 6.45) is 1.83. The fourth-order valence-electron chi connectivity index (χ4n) is 2.88. The van der Waals surface area contributed by atoms with Crippen molar-refractivity contribution in [2.45, 2.75) is 56.6 Å². The zero-order valence-corrected chi connectivity index (χ0v) is 16.4. The summed E-state index contributed by atoms with van der Waals surface area (Å²) in [5, 5.41) is 3.11. The molecule has 1 heterocycles. The number of amides is 1. The summed E-state index contributed by atoms with van der Waals surface area (Å²) in [6, 6.07) is 8.19. The molecule has 24 heavy (non-hydrogen) atoms. The van der Waals surface area contributed by atoms with Crippen molar-refractivity contribution in [3.05, 3.63) is 29.8 Å². The fraction of sp³-hybridized carbons (Fsp3) is 0.611. The predicted molar refractivity (Wildman–Crippen MR) is 100 cm³/mol. The van der Waals surface area contributed by atoms with E-state index in [4.69, 9.17) is 4.74 Å². The van der Waals surface area contributed by atoms with Gasteiger partial charge in [0, 0.05) is 12.1 Å². The molecule has 134 valence electrons. The average molecular weight is 398 g/mol. The maximum Gasteiger partial charge on any atom is 0.239 e. The molecule has 0 radical (unpaired) electrons. The first-order valence-electron chi connectivity index (χ1n) is 8.50. The Morgan fingerprint density at radius 2 is 1.92 bits per heavy atom. The molecule has 0 saturated carbocycles. The molecule has 2 rings (SSSR count). The van der Waals surface area contributed by atoms with E-state index in [1.807, 2.05) is 19.1 Å². The monoisotopic (exact) mass is 397 g/mol. The third-order valence-corrected chi connectivity index (χ3v) is 5.58. The molecule has 1 amide bonds. The lowest BCUT2D eigenvalue weighted by atomic mass is 9.99. The van der Waals surface area contributed by atoms with Gasteiger partial charge in [0.05, 0.1) is 11.9 Å². The van der Waals surface area contributed by atoms with Crippen LogP contribution in [0.5, 0.6) is 5.75 Å². The molecule has 1 aromatic rings. The van der Waals surface area contributed by atoms with E-state index in [1.54, 1.807) is 7.11 Å². The molecular formula is C18H28BrN3O2. The van der Waals surface area contributed by atoms with Crippen LogP contribution in [-0.2, 0) is 11.2 Å². The minimum Gasteiger partial charge on any atom is -0.497 e. The molecule has 0 bridgehead atoms. The molecule has 0 spiro atoms. The molecule has 6 heteroatoms. The van der Waals surface area contributed by atoms with Crippen LogP contribution in [0.2, 0.25) is 0 Å². The Bertz CT molecular complexity index is 536. The average Bonchev–Trinajstić information content (AvgIpc) is 2.95. The Balaban J connectivity index is 1.79. The van der Waals surface area contributed by atoms with Gasteiger partial charge in [-0.25, -0.2) is 5.43 Å². The van der Waals surface area contributed by atoms with Gasteiger partial charge in [0.2, 0.25) is 5.91 Å². The summed E-state index contributed by atoms with van der Waals surface area (Å²) in [5.41, 5.74) is 7.56. The molecule has 1 saturated heterocycles. The third-order valence-electron chi connectivity index (χ3n) is 4.48. The van der Waals surface area contributed by atoms with Gasteiger partial charge in [-0.05, 0) is 43.4 Å². The van der Waals surface area contributed by atoms with Gasteiger partial charge >= 0.3 is 0 Å². The largest absolute Gasteiger partial charge is 0.497 e. The number of hydrazine groups is 1. The van der Waals surface area contributed by atoms with Crippen molar-refractivity contribution in [2.24, 2.45) is 5.92 Å². The summed E-state index contributed by atoms with van der Waals surface area (Å²) < 4.78 is 5.17. The second-order valence-corrected chi connectivity index (χ2v) is 7.83. The van der Waals surface area contributed by atoms with Crippen molar-refractivity contribution in [1.82, 2.24) is 16.2 Å². The number of halogens is 1. The second kappa shape index (κ2) is 8.83. The normalized spacial score (nSPS) is 24.8. The lowest BCUT2D eigenvalue weighted by molar-refractivity contribution is -0.123. The number of hydrogen-bond donors (Lipinski definition) is 3. The molecule has 4 atom stereocenters. The highest BCUT2D eigenvalue weighted by atomic mass is 79.9. The molecule has 0 aromatic heterocycles. The van der Waals surface area contributed by atoms with E-state index in [0.29, 0.717) is 5.92 Å². The molecule has 0 aliphatic carbocycles. The zero-order chi connectivity index (χ0) is 17.7. The van der Waals surface area contributed by atoms with Gasteiger partial charge in [0.1, 0.15) is 11.8 Å². The predicted octanol–water partition coefficient (Wildman–Crippen LogP) is 2.40. The summed E-state index contributed by atoms with van der Waals surface area (Å²) >= 11 is 3.65. The Kier molecular flexibility index (Phi) is 7.07. The summed E-state index contributed by atoms with van der Waals surface area (Å²) in [6.45, 7) is 6.34. The van der Waals surface area contributed by atoms with Crippen molar-refractivity contribution in [2.75, 3.05) is 7.11 Å². The summed E-state index contributed by atoms with van der Waals surface area (Å²) in [4.78, 5) is 12.6. The standard InChI is InChI=1S/C18H28BrN3O2/c1-11(2)16-15(19)17(22-21-16)18(23)20-12(3)5-6-13-7-9-14(24-4)10-8-13/h7-12,15-17,21-22H,5-6H2,1-4H3,(H,20,23). The SMILES string of the molecule is COc1ccc(CCC(C)NC(=O)C2NNC(C(C)C)C2Br)cc1. The Hall–Kier alpha value is -1.11.